The SMILES string of the molecule is OCC1OC(Cl)CC1O. The van der Waals surface area contributed by atoms with Gasteiger partial charge in [0.05, 0.1) is 12.7 Å². The lowest BCUT2D eigenvalue weighted by Gasteiger charge is -2.08. The van der Waals surface area contributed by atoms with E-state index >= 15 is 0 Å². The zero-order chi connectivity index (χ0) is 6.85. The topological polar surface area (TPSA) is 49.7 Å². The molecular weight excluding hydrogens is 144 g/mol. The molecule has 1 aliphatic heterocycles. The van der Waals surface area contributed by atoms with Crippen molar-refractivity contribution >= 4 is 11.6 Å². The van der Waals surface area contributed by atoms with E-state index in [2.05, 4.69) is 0 Å². The van der Waals surface area contributed by atoms with Gasteiger partial charge in [0, 0.05) is 6.42 Å². The van der Waals surface area contributed by atoms with Crippen LogP contribution in [0.4, 0.5) is 0 Å². The number of aliphatic hydroxyl groups excluding tert-OH is 2. The van der Waals surface area contributed by atoms with Gasteiger partial charge in [0.15, 0.2) is 0 Å². The third-order valence-corrected chi connectivity index (χ3v) is 1.64. The van der Waals surface area contributed by atoms with E-state index in [1.807, 2.05) is 0 Å². The predicted octanol–water partition coefficient (Wildman–Crippen LogP) is -0.307. The van der Waals surface area contributed by atoms with Crippen LogP contribution in [0.25, 0.3) is 0 Å². The van der Waals surface area contributed by atoms with Crippen molar-refractivity contribution in [2.75, 3.05) is 6.61 Å². The van der Waals surface area contributed by atoms with Gasteiger partial charge in [-0.15, -0.1) is 0 Å². The summed E-state index contributed by atoms with van der Waals surface area (Å²) < 4.78 is 4.89. The first kappa shape index (κ1) is 7.28. The lowest BCUT2D eigenvalue weighted by molar-refractivity contribution is -0.00394. The molecule has 0 aromatic rings. The maximum absolute atomic E-state index is 8.99. The molecule has 4 heteroatoms. The summed E-state index contributed by atoms with van der Waals surface area (Å²) in [7, 11) is 0. The number of alkyl halides is 1. The third-order valence-electron chi connectivity index (χ3n) is 1.36. The number of rotatable bonds is 1. The van der Waals surface area contributed by atoms with E-state index in [4.69, 9.17) is 26.6 Å². The lowest BCUT2D eigenvalue weighted by Crippen LogP contribution is -2.24. The summed E-state index contributed by atoms with van der Waals surface area (Å²) >= 11 is 5.49. The Labute approximate surface area is 58.2 Å². The highest BCUT2D eigenvalue weighted by molar-refractivity contribution is 6.19. The number of hydrogen-bond donors (Lipinski definition) is 2. The Morgan fingerprint density at radius 1 is 1.67 bits per heavy atom. The molecule has 0 aromatic carbocycles. The Hall–Kier alpha value is 0.170. The van der Waals surface area contributed by atoms with Crippen molar-refractivity contribution in [3.8, 4) is 0 Å². The molecule has 1 saturated heterocycles. The molecule has 0 saturated carbocycles. The summed E-state index contributed by atoms with van der Waals surface area (Å²) in [5.74, 6) is 0. The molecule has 54 valence electrons. The van der Waals surface area contributed by atoms with Crippen LogP contribution in [0.2, 0.25) is 0 Å². The van der Waals surface area contributed by atoms with Crippen molar-refractivity contribution in [1.29, 1.82) is 0 Å². The first-order valence-electron chi connectivity index (χ1n) is 2.82. The summed E-state index contributed by atoms with van der Waals surface area (Å²) in [6, 6.07) is 0. The summed E-state index contributed by atoms with van der Waals surface area (Å²) in [6.45, 7) is -0.162. The van der Waals surface area contributed by atoms with Crippen LogP contribution in [0, 0.1) is 0 Å². The quantitative estimate of drug-likeness (QED) is 0.507. The van der Waals surface area contributed by atoms with Gasteiger partial charge in [-0.1, -0.05) is 11.6 Å². The minimum atomic E-state index is -0.600. The van der Waals surface area contributed by atoms with E-state index in [0.29, 0.717) is 6.42 Å². The van der Waals surface area contributed by atoms with Crippen LogP contribution < -0.4 is 0 Å². The van der Waals surface area contributed by atoms with E-state index in [-0.39, 0.29) is 6.61 Å². The van der Waals surface area contributed by atoms with Crippen LogP contribution >= 0.6 is 11.6 Å². The fourth-order valence-corrected chi connectivity index (χ4v) is 1.16. The molecule has 2 N–H and O–H groups in total. The Morgan fingerprint density at radius 2 is 2.33 bits per heavy atom. The van der Waals surface area contributed by atoms with Crippen LogP contribution in [0.15, 0.2) is 0 Å². The highest BCUT2D eigenvalue weighted by atomic mass is 35.5. The lowest BCUT2D eigenvalue weighted by atomic mass is 10.2. The molecule has 0 aliphatic carbocycles. The minimum absolute atomic E-state index is 0.162. The summed E-state index contributed by atoms with van der Waals surface area (Å²) in [4.78, 5) is 0. The van der Waals surface area contributed by atoms with Gasteiger partial charge in [0.25, 0.3) is 0 Å². The molecule has 0 amide bonds. The Kier molecular flexibility index (Phi) is 2.29. The zero-order valence-electron chi connectivity index (χ0n) is 4.83. The van der Waals surface area contributed by atoms with E-state index < -0.39 is 17.8 Å². The molecule has 3 unspecified atom stereocenters. The molecule has 0 aromatic heterocycles. The maximum Gasteiger partial charge on any atom is 0.134 e. The molecule has 3 atom stereocenters. The van der Waals surface area contributed by atoms with Gasteiger partial charge in [-0.05, 0) is 0 Å². The number of hydrogen-bond acceptors (Lipinski definition) is 3. The van der Waals surface area contributed by atoms with E-state index in [0.717, 1.165) is 0 Å². The Balaban J connectivity index is 2.38. The van der Waals surface area contributed by atoms with Crippen molar-refractivity contribution in [1.82, 2.24) is 0 Å². The summed E-state index contributed by atoms with van der Waals surface area (Å²) in [6.07, 6.45) is -0.669. The highest BCUT2D eigenvalue weighted by Crippen LogP contribution is 2.22. The maximum atomic E-state index is 8.99. The van der Waals surface area contributed by atoms with E-state index in [1.165, 1.54) is 0 Å². The van der Waals surface area contributed by atoms with Crippen molar-refractivity contribution in [3.63, 3.8) is 0 Å². The summed E-state index contributed by atoms with van der Waals surface area (Å²) in [5.41, 5.74) is -0.433. The van der Waals surface area contributed by atoms with Crippen LogP contribution in [0.3, 0.4) is 0 Å². The molecule has 0 spiro atoms. The second kappa shape index (κ2) is 2.84. The fraction of sp³-hybridized carbons (Fsp3) is 1.00. The standard InChI is InChI=1S/C5H9ClO3/c6-5-1-3(8)4(2-7)9-5/h3-5,7-8H,1-2H2. The van der Waals surface area contributed by atoms with Crippen molar-refractivity contribution in [2.45, 2.75) is 24.2 Å². The molecule has 1 fully saturated rings. The molecule has 1 aliphatic rings. The van der Waals surface area contributed by atoms with E-state index in [1.54, 1.807) is 0 Å². The molecule has 0 bridgehead atoms. The largest absolute Gasteiger partial charge is 0.394 e. The molecule has 9 heavy (non-hydrogen) atoms. The second-order valence-electron chi connectivity index (χ2n) is 2.07. The van der Waals surface area contributed by atoms with Gasteiger partial charge in [0.1, 0.15) is 11.7 Å². The average Bonchev–Trinajstić information content (AvgIpc) is 2.10. The van der Waals surface area contributed by atoms with Crippen molar-refractivity contribution in [2.24, 2.45) is 0 Å². The normalized spacial score (nSPS) is 43.7. The van der Waals surface area contributed by atoms with Gasteiger partial charge in [-0.2, -0.15) is 0 Å². The van der Waals surface area contributed by atoms with Gasteiger partial charge in [-0.3, -0.25) is 0 Å². The Bertz CT molecular complexity index is 98.2. The predicted molar refractivity (Wildman–Crippen MR) is 32.2 cm³/mol. The van der Waals surface area contributed by atoms with Gasteiger partial charge < -0.3 is 14.9 Å². The molecular formula is C5H9ClO3. The smallest absolute Gasteiger partial charge is 0.134 e. The first-order chi connectivity index (χ1) is 4.24. The van der Waals surface area contributed by atoms with Crippen LogP contribution in [0.1, 0.15) is 6.42 Å². The van der Waals surface area contributed by atoms with Crippen LogP contribution in [-0.4, -0.2) is 34.6 Å². The first-order valence-corrected chi connectivity index (χ1v) is 3.26. The van der Waals surface area contributed by atoms with Crippen molar-refractivity contribution < 1.29 is 14.9 Å². The van der Waals surface area contributed by atoms with Crippen LogP contribution in [-0.2, 0) is 4.74 Å². The number of halogens is 1. The minimum Gasteiger partial charge on any atom is -0.394 e. The highest BCUT2D eigenvalue weighted by Gasteiger charge is 2.31. The van der Waals surface area contributed by atoms with Crippen LogP contribution in [0.5, 0.6) is 0 Å². The van der Waals surface area contributed by atoms with Gasteiger partial charge in [-0.25, -0.2) is 0 Å². The zero-order valence-corrected chi connectivity index (χ0v) is 5.58. The second-order valence-corrected chi connectivity index (χ2v) is 2.56. The van der Waals surface area contributed by atoms with Gasteiger partial charge in [0.2, 0.25) is 0 Å². The average molecular weight is 153 g/mol. The fourth-order valence-electron chi connectivity index (χ4n) is 0.842. The molecule has 1 rings (SSSR count). The number of aliphatic hydroxyl groups is 2. The van der Waals surface area contributed by atoms with Crippen molar-refractivity contribution in [3.05, 3.63) is 0 Å². The number of ether oxygens (including phenoxy) is 1. The Morgan fingerprint density at radius 3 is 2.56 bits per heavy atom. The molecule has 1 heterocycles. The third kappa shape index (κ3) is 1.55. The summed E-state index contributed by atoms with van der Waals surface area (Å²) in [5, 5.41) is 17.5. The molecule has 0 radical (unpaired) electrons. The van der Waals surface area contributed by atoms with E-state index in [9.17, 15) is 0 Å². The monoisotopic (exact) mass is 152 g/mol. The van der Waals surface area contributed by atoms with Gasteiger partial charge >= 0.3 is 0 Å². The molecule has 3 nitrogen and oxygen atoms in total.